The maximum absolute atomic E-state index is 12.4. The molecule has 0 radical (unpaired) electrons. The van der Waals surface area contributed by atoms with E-state index < -0.39 is 0 Å². The molecule has 0 bridgehead atoms. The summed E-state index contributed by atoms with van der Waals surface area (Å²) in [6.45, 7) is 5.39. The molecule has 0 aromatic carbocycles. The number of halogens is 1. The van der Waals surface area contributed by atoms with Gasteiger partial charge in [-0.25, -0.2) is 9.97 Å². The van der Waals surface area contributed by atoms with Crippen molar-refractivity contribution in [3.05, 3.63) is 46.7 Å². The van der Waals surface area contributed by atoms with Crippen LogP contribution in [0.2, 0.25) is 5.02 Å². The largest absolute Gasteiger partial charge is 0.475 e. The van der Waals surface area contributed by atoms with Gasteiger partial charge < -0.3 is 19.5 Å². The van der Waals surface area contributed by atoms with E-state index in [1.807, 2.05) is 19.9 Å². The molecule has 1 fully saturated rings. The van der Waals surface area contributed by atoms with Crippen LogP contribution in [0, 0.1) is 0 Å². The van der Waals surface area contributed by atoms with E-state index in [2.05, 4.69) is 15.3 Å². The van der Waals surface area contributed by atoms with E-state index in [-0.39, 0.29) is 18.1 Å². The monoisotopic (exact) mass is 391 g/mol. The van der Waals surface area contributed by atoms with Crippen molar-refractivity contribution in [2.24, 2.45) is 0 Å². The number of pyridine rings is 2. The topological polar surface area (TPSA) is 82.6 Å². The second kappa shape index (κ2) is 9.01. The Morgan fingerprint density at radius 2 is 2.26 bits per heavy atom. The Kier molecular flexibility index (Phi) is 6.47. The molecule has 0 aliphatic carbocycles. The zero-order valence-electron chi connectivity index (χ0n) is 15.3. The molecule has 1 atom stereocenters. The first-order chi connectivity index (χ1) is 13.0. The van der Waals surface area contributed by atoms with Gasteiger partial charge in [-0.15, -0.1) is 0 Å². The number of hydrogen-bond acceptors (Lipinski definition) is 6. The Balaban J connectivity index is 1.58. The first-order valence-electron chi connectivity index (χ1n) is 8.81. The molecule has 0 saturated carbocycles. The van der Waals surface area contributed by atoms with Gasteiger partial charge in [0.1, 0.15) is 11.1 Å². The van der Waals surface area contributed by atoms with Gasteiger partial charge in [0.05, 0.1) is 24.9 Å². The minimum Gasteiger partial charge on any atom is -0.475 e. The van der Waals surface area contributed by atoms with Crippen molar-refractivity contribution in [1.82, 2.24) is 15.3 Å². The lowest BCUT2D eigenvalue weighted by atomic mass is 10.2. The number of hydrogen-bond donors (Lipinski definition) is 1. The van der Waals surface area contributed by atoms with Gasteiger partial charge in [-0.3, -0.25) is 4.79 Å². The molecule has 1 aliphatic heterocycles. The molecule has 1 amide bonds. The lowest BCUT2D eigenvalue weighted by Crippen LogP contribution is -2.23. The molecule has 1 unspecified atom stereocenters. The molecule has 0 spiro atoms. The van der Waals surface area contributed by atoms with Crippen molar-refractivity contribution in [3.63, 3.8) is 0 Å². The van der Waals surface area contributed by atoms with Crippen LogP contribution in [0.5, 0.6) is 11.8 Å². The Hall–Kier alpha value is -2.38. The average molecular weight is 392 g/mol. The maximum Gasteiger partial charge on any atom is 0.253 e. The van der Waals surface area contributed by atoms with E-state index in [4.69, 9.17) is 25.8 Å². The summed E-state index contributed by atoms with van der Waals surface area (Å²) in [5, 5.41) is 3.13. The smallest absolute Gasteiger partial charge is 0.253 e. The molecular formula is C19H22ClN3O4. The van der Waals surface area contributed by atoms with E-state index >= 15 is 0 Å². The molecule has 144 valence electrons. The Morgan fingerprint density at radius 3 is 2.96 bits per heavy atom. The van der Waals surface area contributed by atoms with Crippen molar-refractivity contribution in [2.45, 2.75) is 39.0 Å². The summed E-state index contributed by atoms with van der Waals surface area (Å²) >= 11 is 6.21. The van der Waals surface area contributed by atoms with E-state index in [0.29, 0.717) is 42.1 Å². The Labute approximate surface area is 163 Å². The molecule has 2 aromatic heterocycles. The lowest BCUT2D eigenvalue weighted by Gasteiger charge is -2.13. The van der Waals surface area contributed by atoms with Gasteiger partial charge in [-0.05, 0) is 31.5 Å². The van der Waals surface area contributed by atoms with Gasteiger partial charge in [-0.2, -0.15) is 0 Å². The SMILES string of the molecule is CC(C)Oc1cc(CNC(=O)c2cnc(OC3CCOC3)c(Cl)c2)ccn1. The third-order valence-corrected chi connectivity index (χ3v) is 4.12. The van der Waals surface area contributed by atoms with Gasteiger partial charge >= 0.3 is 0 Å². The van der Waals surface area contributed by atoms with E-state index in [9.17, 15) is 4.79 Å². The molecule has 3 heterocycles. The van der Waals surface area contributed by atoms with Crippen LogP contribution in [0.3, 0.4) is 0 Å². The first kappa shape index (κ1) is 19.4. The standard InChI is InChI=1S/C19H22ClN3O4/c1-12(2)26-17-7-13(3-5-21-17)9-22-18(24)14-8-16(20)19(23-10-14)27-15-4-6-25-11-15/h3,5,7-8,10,12,15H,4,6,9,11H2,1-2H3,(H,22,24). The fraction of sp³-hybridized carbons (Fsp3) is 0.421. The normalized spacial score (nSPS) is 16.4. The summed E-state index contributed by atoms with van der Waals surface area (Å²) in [5.74, 6) is 0.565. The number of carbonyl (C=O) groups excluding carboxylic acids is 1. The number of carbonyl (C=O) groups is 1. The summed E-state index contributed by atoms with van der Waals surface area (Å²) in [6, 6.07) is 5.17. The number of aromatic nitrogens is 2. The molecule has 8 heteroatoms. The van der Waals surface area contributed by atoms with Gasteiger partial charge in [-0.1, -0.05) is 11.6 Å². The molecule has 2 aromatic rings. The number of nitrogens with zero attached hydrogens (tertiary/aromatic N) is 2. The van der Waals surface area contributed by atoms with E-state index in [1.54, 1.807) is 18.3 Å². The molecule has 7 nitrogen and oxygen atoms in total. The second-order valence-corrected chi connectivity index (χ2v) is 6.87. The second-order valence-electron chi connectivity index (χ2n) is 6.47. The van der Waals surface area contributed by atoms with Crippen LogP contribution < -0.4 is 14.8 Å². The van der Waals surface area contributed by atoms with Crippen LogP contribution in [-0.4, -0.2) is 41.3 Å². The molecule has 1 saturated heterocycles. The van der Waals surface area contributed by atoms with Crippen LogP contribution in [-0.2, 0) is 11.3 Å². The van der Waals surface area contributed by atoms with Crippen molar-refractivity contribution >= 4 is 17.5 Å². The third-order valence-electron chi connectivity index (χ3n) is 3.84. The van der Waals surface area contributed by atoms with Gasteiger partial charge in [0.2, 0.25) is 11.8 Å². The number of rotatable bonds is 7. The summed E-state index contributed by atoms with van der Waals surface area (Å²) in [7, 11) is 0. The van der Waals surface area contributed by atoms with Crippen LogP contribution in [0.4, 0.5) is 0 Å². The Bertz CT molecular complexity index is 794. The van der Waals surface area contributed by atoms with Crippen LogP contribution in [0.1, 0.15) is 36.2 Å². The Morgan fingerprint density at radius 1 is 1.41 bits per heavy atom. The molecule has 1 N–H and O–H groups in total. The van der Waals surface area contributed by atoms with E-state index in [0.717, 1.165) is 12.0 Å². The fourth-order valence-corrected chi connectivity index (χ4v) is 2.76. The third kappa shape index (κ3) is 5.55. The maximum atomic E-state index is 12.4. The van der Waals surface area contributed by atoms with Crippen molar-refractivity contribution in [3.8, 4) is 11.8 Å². The zero-order chi connectivity index (χ0) is 19.2. The predicted octanol–water partition coefficient (Wildman–Crippen LogP) is 3.01. The van der Waals surface area contributed by atoms with E-state index in [1.165, 1.54) is 6.20 Å². The molecule has 1 aliphatic rings. The average Bonchev–Trinajstić information content (AvgIpc) is 3.14. The van der Waals surface area contributed by atoms with Gasteiger partial charge in [0.15, 0.2) is 0 Å². The molecular weight excluding hydrogens is 370 g/mol. The van der Waals surface area contributed by atoms with Crippen molar-refractivity contribution < 1.29 is 19.0 Å². The minimum atomic E-state index is -0.275. The summed E-state index contributed by atoms with van der Waals surface area (Å²) < 4.78 is 16.5. The molecule has 27 heavy (non-hydrogen) atoms. The highest BCUT2D eigenvalue weighted by Crippen LogP contribution is 2.25. The predicted molar refractivity (Wildman–Crippen MR) is 100 cm³/mol. The first-order valence-corrected chi connectivity index (χ1v) is 9.19. The number of nitrogens with one attached hydrogen (secondary N) is 1. The highest BCUT2D eigenvalue weighted by atomic mass is 35.5. The summed E-state index contributed by atoms with van der Waals surface area (Å²) in [4.78, 5) is 20.7. The number of ether oxygens (including phenoxy) is 3. The number of amides is 1. The molecule has 3 rings (SSSR count). The van der Waals surface area contributed by atoms with Crippen LogP contribution >= 0.6 is 11.6 Å². The quantitative estimate of drug-likeness (QED) is 0.781. The minimum absolute atomic E-state index is 0.0343. The highest BCUT2D eigenvalue weighted by Gasteiger charge is 2.20. The fourth-order valence-electron chi connectivity index (χ4n) is 2.55. The van der Waals surface area contributed by atoms with Gasteiger partial charge in [0.25, 0.3) is 5.91 Å². The van der Waals surface area contributed by atoms with Crippen molar-refractivity contribution in [2.75, 3.05) is 13.2 Å². The summed E-state index contributed by atoms with van der Waals surface area (Å²) in [6.07, 6.45) is 3.88. The lowest BCUT2D eigenvalue weighted by molar-refractivity contribution is 0.0950. The van der Waals surface area contributed by atoms with Crippen molar-refractivity contribution in [1.29, 1.82) is 0 Å². The summed E-state index contributed by atoms with van der Waals surface area (Å²) in [5.41, 5.74) is 1.25. The van der Waals surface area contributed by atoms with Crippen LogP contribution in [0.25, 0.3) is 0 Å². The highest BCUT2D eigenvalue weighted by molar-refractivity contribution is 6.32. The van der Waals surface area contributed by atoms with Crippen LogP contribution in [0.15, 0.2) is 30.6 Å². The zero-order valence-corrected chi connectivity index (χ0v) is 16.0. The van der Waals surface area contributed by atoms with Gasteiger partial charge in [0, 0.05) is 31.4 Å².